The average Bonchev–Trinajstić information content (AvgIpc) is 2.88. The van der Waals surface area contributed by atoms with Crippen LogP contribution in [-0.2, 0) is 18.1 Å². The molecule has 0 unspecified atom stereocenters. The number of alkyl halides is 3. The molecule has 0 saturated carbocycles. The highest BCUT2D eigenvalue weighted by Crippen LogP contribution is 2.38. The molecule has 0 bridgehead atoms. The third-order valence-corrected chi connectivity index (χ3v) is 5.99. The lowest BCUT2D eigenvalue weighted by Gasteiger charge is -2.35. The Labute approximate surface area is 224 Å². The van der Waals surface area contributed by atoms with Crippen LogP contribution in [0.4, 0.5) is 28.0 Å². The highest BCUT2D eigenvalue weighted by molar-refractivity contribution is 6.30. The molecule has 4 rings (SSSR count). The molecule has 0 spiro atoms. The van der Waals surface area contributed by atoms with E-state index in [0.29, 0.717) is 11.6 Å². The van der Waals surface area contributed by atoms with Crippen LogP contribution < -0.4 is 10.1 Å². The van der Waals surface area contributed by atoms with E-state index in [4.69, 9.17) is 16.3 Å². The number of nitro groups is 1. The molecule has 0 fully saturated rings. The van der Waals surface area contributed by atoms with Crippen molar-refractivity contribution in [3.8, 4) is 5.75 Å². The van der Waals surface area contributed by atoms with Crippen molar-refractivity contribution in [1.29, 1.82) is 0 Å². The zero-order valence-corrected chi connectivity index (χ0v) is 20.5. The normalized spacial score (nSPS) is 12.8. The molecule has 4 aromatic rings. The van der Waals surface area contributed by atoms with Gasteiger partial charge in [-0.25, -0.2) is 9.18 Å². The molecule has 0 aliphatic carbocycles. The second-order valence-corrected chi connectivity index (χ2v) is 8.86. The summed E-state index contributed by atoms with van der Waals surface area (Å²) in [5.74, 6) is -1.26. The largest absolute Gasteiger partial charge is 0.416 e. The number of aromatic nitrogens is 1. The number of hydrogen-bond acceptors (Lipinski definition) is 5. The number of amides is 1. The number of rotatable bonds is 7. The number of ether oxygens (including phenoxy) is 1. The highest BCUT2D eigenvalue weighted by atomic mass is 35.5. The zero-order valence-electron chi connectivity index (χ0n) is 19.8. The van der Waals surface area contributed by atoms with Gasteiger partial charge in [0.2, 0.25) is 0 Å². The van der Waals surface area contributed by atoms with Gasteiger partial charge < -0.3 is 10.1 Å². The summed E-state index contributed by atoms with van der Waals surface area (Å²) in [5.41, 5.74) is -3.02. The lowest BCUT2D eigenvalue weighted by molar-refractivity contribution is -0.384. The number of benzene rings is 3. The summed E-state index contributed by atoms with van der Waals surface area (Å²) < 4.78 is 61.0. The van der Waals surface area contributed by atoms with Crippen molar-refractivity contribution in [3.63, 3.8) is 0 Å². The Balaban J connectivity index is 1.86. The minimum atomic E-state index is -4.89. The van der Waals surface area contributed by atoms with Gasteiger partial charge in [0.05, 0.1) is 21.2 Å². The van der Waals surface area contributed by atoms with Crippen LogP contribution in [0.15, 0.2) is 91.1 Å². The van der Waals surface area contributed by atoms with Crippen LogP contribution in [0.1, 0.15) is 22.4 Å². The van der Waals surface area contributed by atoms with Gasteiger partial charge in [0.25, 0.3) is 5.69 Å². The molecule has 1 N–H and O–H groups in total. The van der Waals surface area contributed by atoms with E-state index in [1.807, 2.05) is 0 Å². The van der Waals surface area contributed by atoms with Crippen molar-refractivity contribution in [2.24, 2.45) is 0 Å². The van der Waals surface area contributed by atoms with E-state index in [9.17, 15) is 32.5 Å². The van der Waals surface area contributed by atoms with Crippen LogP contribution in [0.25, 0.3) is 0 Å². The summed E-state index contributed by atoms with van der Waals surface area (Å²) in [6.07, 6.45) is -4.93. The SMILES string of the molecule is O=C(N[C@@](Cc1ccccc1)(c1cc(F)cc(C(F)(F)F)c1)c1ccc(Cl)cn1)Oc1ccc([N+](=O)[O-])cc1. The Morgan fingerprint density at radius 1 is 0.974 bits per heavy atom. The van der Waals surface area contributed by atoms with Gasteiger partial charge >= 0.3 is 12.3 Å². The molecular formula is C27H18ClF4N3O4. The first kappa shape index (κ1) is 27.5. The lowest BCUT2D eigenvalue weighted by atomic mass is 9.80. The first-order valence-electron chi connectivity index (χ1n) is 11.2. The van der Waals surface area contributed by atoms with E-state index in [2.05, 4.69) is 10.3 Å². The minimum Gasteiger partial charge on any atom is -0.410 e. The number of non-ortho nitro benzene ring substituents is 1. The summed E-state index contributed by atoms with van der Waals surface area (Å²) in [5, 5.41) is 13.7. The Hall–Kier alpha value is -4.51. The predicted molar refractivity (Wildman–Crippen MR) is 134 cm³/mol. The number of nitrogens with one attached hydrogen (secondary N) is 1. The number of carbonyl (C=O) groups excluding carboxylic acids is 1. The molecule has 39 heavy (non-hydrogen) atoms. The Kier molecular flexibility index (Phi) is 7.82. The van der Waals surface area contributed by atoms with Gasteiger partial charge in [-0.1, -0.05) is 41.9 Å². The molecule has 0 saturated heterocycles. The topological polar surface area (TPSA) is 94.4 Å². The fourth-order valence-corrected chi connectivity index (χ4v) is 4.11. The number of nitrogens with zero attached hydrogens (tertiary/aromatic N) is 2. The molecule has 12 heteroatoms. The Morgan fingerprint density at radius 3 is 2.23 bits per heavy atom. The smallest absolute Gasteiger partial charge is 0.410 e. The van der Waals surface area contributed by atoms with Crippen LogP contribution in [0, 0.1) is 15.9 Å². The number of nitro benzene ring substituents is 1. The summed E-state index contributed by atoms with van der Waals surface area (Å²) in [6, 6.07) is 17.8. The summed E-state index contributed by atoms with van der Waals surface area (Å²) in [7, 11) is 0. The van der Waals surface area contributed by atoms with E-state index in [1.54, 1.807) is 30.3 Å². The van der Waals surface area contributed by atoms with Gasteiger partial charge in [0.15, 0.2) is 0 Å². The summed E-state index contributed by atoms with van der Waals surface area (Å²) in [4.78, 5) is 27.7. The van der Waals surface area contributed by atoms with Crippen molar-refractivity contribution in [1.82, 2.24) is 10.3 Å². The number of halogens is 5. The third-order valence-electron chi connectivity index (χ3n) is 5.77. The number of carbonyl (C=O) groups is 1. The standard InChI is InChI=1S/C27H18ClF4N3O4/c28-20-6-11-24(33-16-20)26(15-17-4-2-1-3-5-17,18-12-19(27(30,31)32)14-21(29)13-18)34-25(36)39-23-9-7-22(8-10-23)35(37)38/h1-14,16H,15H2,(H,34,36)/t26-/m0/s1. The van der Waals surface area contributed by atoms with E-state index < -0.39 is 34.1 Å². The van der Waals surface area contributed by atoms with Gasteiger partial charge in [-0.15, -0.1) is 0 Å². The molecule has 200 valence electrons. The van der Waals surface area contributed by atoms with Crippen molar-refractivity contribution < 1.29 is 32.0 Å². The van der Waals surface area contributed by atoms with Gasteiger partial charge in [-0.3, -0.25) is 15.1 Å². The second kappa shape index (κ2) is 11.1. The van der Waals surface area contributed by atoms with Gasteiger partial charge in [0, 0.05) is 24.8 Å². The maximum atomic E-state index is 14.7. The molecule has 0 aliphatic rings. The first-order chi connectivity index (χ1) is 18.5. The molecule has 1 aromatic heterocycles. The van der Waals surface area contributed by atoms with Crippen LogP contribution in [-0.4, -0.2) is 16.0 Å². The fraction of sp³-hybridized carbons (Fsp3) is 0.111. The van der Waals surface area contributed by atoms with E-state index >= 15 is 0 Å². The van der Waals surface area contributed by atoms with E-state index in [1.165, 1.54) is 30.5 Å². The van der Waals surface area contributed by atoms with Crippen molar-refractivity contribution in [2.75, 3.05) is 0 Å². The third kappa shape index (κ3) is 6.50. The number of hydrogen-bond donors (Lipinski definition) is 1. The molecule has 0 radical (unpaired) electrons. The van der Waals surface area contributed by atoms with Crippen LogP contribution in [0.3, 0.4) is 0 Å². The van der Waals surface area contributed by atoms with Crippen molar-refractivity contribution in [2.45, 2.75) is 18.1 Å². The summed E-state index contributed by atoms with van der Waals surface area (Å²) in [6.45, 7) is 0. The maximum Gasteiger partial charge on any atom is 0.416 e. The van der Waals surface area contributed by atoms with Gasteiger partial charge in [0.1, 0.15) is 17.1 Å². The monoisotopic (exact) mass is 559 g/mol. The molecule has 1 heterocycles. The molecule has 0 aliphatic heterocycles. The minimum absolute atomic E-state index is 0.0510. The van der Waals surface area contributed by atoms with Crippen LogP contribution in [0.2, 0.25) is 5.02 Å². The van der Waals surface area contributed by atoms with Crippen LogP contribution >= 0.6 is 11.6 Å². The predicted octanol–water partition coefficient (Wildman–Crippen LogP) is 7.08. The lowest BCUT2D eigenvalue weighted by Crippen LogP contribution is -2.50. The number of pyridine rings is 1. The fourth-order valence-electron chi connectivity index (χ4n) is 3.99. The Morgan fingerprint density at radius 2 is 1.64 bits per heavy atom. The molecular weight excluding hydrogens is 542 g/mol. The highest BCUT2D eigenvalue weighted by Gasteiger charge is 2.41. The average molecular weight is 560 g/mol. The molecule has 7 nitrogen and oxygen atoms in total. The van der Waals surface area contributed by atoms with Gasteiger partial charge in [-0.05, 0) is 53.6 Å². The Bertz CT molecular complexity index is 1480. The molecule has 1 amide bonds. The molecule has 1 atom stereocenters. The van der Waals surface area contributed by atoms with E-state index in [0.717, 1.165) is 24.3 Å². The zero-order chi connectivity index (χ0) is 28.2. The van der Waals surface area contributed by atoms with Crippen molar-refractivity contribution >= 4 is 23.4 Å². The van der Waals surface area contributed by atoms with Crippen molar-refractivity contribution in [3.05, 3.63) is 134 Å². The first-order valence-corrected chi connectivity index (χ1v) is 11.6. The maximum absolute atomic E-state index is 14.7. The van der Waals surface area contributed by atoms with Gasteiger partial charge in [-0.2, -0.15) is 13.2 Å². The van der Waals surface area contributed by atoms with E-state index in [-0.39, 0.29) is 34.1 Å². The summed E-state index contributed by atoms with van der Waals surface area (Å²) >= 11 is 6.00. The van der Waals surface area contributed by atoms with Crippen LogP contribution in [0.5, 0.6) is 5.75 Å². The quantitative estimate of drug-likeness (QED) is 0.148. The molecule has 3 aromatic carbocycles. The second-order valence-electron chi connectivity index (χ2n) is 8.42.